The van der Waals surface area contributed by atoms with Crippen LogP contribution in [0.4, 0.5) is 0 Å². The van der Waals surface area contributed by atoms with Crippen LogP contribution in [0.5, 0.6) is 0 Å². The first kappa shape index (κ1) is 16.2. The van der Waals surface area contributed by atoms with E-state index >= 15 is 0 Å². The monoisotopic (exact) mass is 287 g/mol. The predicted octanol–water partition coefficient (Wildman–Crippen LogP) is 4.33. The van der Waals surface area contributed by atoms with Gasteiger partial charge in [0.1, 0.15) is 0 Å². The largest absolute Gasteiger partial charge is 0.296 e. The van der Waals surface area contributed by atoms with Crippen LogP contribution in [0, 0.1) is 5.92 Å². The Bertz CT molecular complexity index is 443. The van der Waals surface area contributed by atoms with Crippen molar-refractivity contribution in [3.05, 3.63) is 35.4 Å². The third kappa shape index (κ3) is 4.41. The minimum absolute atomic E-state index is 0.248. The van der Waals surface area contributed by atoms with Gasteiger partial charge in [0, 0.05) is 11.6 Å². The standard InChI is InChI=1S/C19H29NO/c1-4-15-6-10-17(11-7-15)19(21)14-20(3)18-12-8-16(5-2)9-13-18/h6-7,10-11,16,18H,4-5,8-9,12-14H2,1-3H3. The number of benzene rings is 1. The number of carbonyl (C=O) groups is 1. The maximum atomic E-state index is 12.4. The summed E-state index contributed by atoms with van der Waals surface area (Å²) in [6.45, 7) is 4.97. The van der Waals surface area contributed by atoms with E-state index in [9.17, 15) is 4.79 Å². The molecule has 0 aromatic heterocycles. The Hall–Kier alpha value is -1.15. The lowest BCUT2D eigenvalue weighted by Gasteiger charge is -2.34. The maximum Gasteiger partial charge on any atom is 0.176 e. The summed E-state index contributed by atoms with van der Waals surface area (Å²) in [6, 6.07) is 8.68. The van der Waals surface area contributed by atoms with Gasteiger partial charge < -0.3 is 0 Å². The second-order valence-electron chi connectivity index (χ2n) is 6.47. The Morgan fingerprint density at radius 1 is 1.10 bits per heavy atom. The molecule has 1 aliphatic rings. The number of hydrogen-bond donors (Lipinski definition) is 0. The highest BCUT2D eigenvalue weighted by Gasteiger charge is 2.24. The molecule has 116 valence electrons. The molecule has 0 bridgehead atoms. The van der Waals surface area contributed by atoms with Crippen LogP contribution < -0.4 is 0 Å². The lowest BCUT2D eigenvalue weighted by Crippen LogP contribution is -2.38. The Kier molecular flexibility index (Phi) is 5.98. The van der Waals surface area contributed by atoms with Gasteiger partial charge in [0.15, 0.2) is 5.78 Å². The van der Waals surface area contributed by atoms with Crippen molar-refractivity contribution in [1.82, 2.24) is 4.90 Å². The lowest BCUT2D eigenvalue weighted by atomic mass is 9.84. The summed E-state index contributed by atoms with van der Waals surface area (Å²) in [5.41, 5.74) is 2.14. The normalized spacial score (nSPS) is 22.5. The van der Waals surface area contributed by atoms with Crippen molar-refractivity contribution < 1.29 is 4.79 Å². The van der Waals surface area contributed by atoms with Gasteiger partial charge in [-0.3, -0.25) is 9.69 Å². The average Bonchev–Trinajstić information content (AvgIpc) is 2.55. The molecule has 0 N–H and O–H groups in total. The van der Waals surface area contributed by atoms with Gasteiger partial charge in [-0.1, -0.05) is 44.5 Å². The molecule has 0 saturated heterocycles. The van der Waals surface area contributed by atoms with Crippen LogP contribution in [0.15, 0.2) is 24.3 Å². The fourth-order valence-electron chi connectivity index (χ4n) is 3.37. The number of ketones is 1. The molecule has 0 heterocycles. The Morgan fingerprint density at radius 3 is 2.24 bits per heavy atom. The number of nitrogens with zero attached hydrogens (tertiary/aromatic N) is 1. The molecule has 2 heteroatoms. The van der Waals surface area contributed by atoms with Crippen molar-refractivity contribution in [3.63, 3.8) is 0 Å². The molecular weight excluding hydrogens is 258 g/mol. The zero-order valence-corrected chi connectivity index (χ0v) is 13.8. The van der Waals surface area contributed by atoms with Gasteiger partial charge in [-0.25, -0.2) is 0 Å². The molecular formula is C19H29NO. The molecule has 0 amide bonds. The molecule has 0 atom stereocenters. The molecule has 1 aliphatic carbocycles. The molecule has 0 spiro atoms. The summed E-state index contributed by atoms with van der Waals surface area (Å²) in [6.07, 6.45) is 7.47. The van der Waals surface area contributed by atoms with E-state index in [2.05, 4.69) is 37.9 Å². The van der Waals surface area contributed by atoms with Gasteiger partial charge in [0.25, 0.3) is 0 Å². The van der Waals surface area contributed by atoms with E-state index in [1.54, 1.807) is 0 Å². The zero-order valence-electron chi connectivity index (χ0n) is 13.8. The summed E-state index contributed by atoms with van der Waals surface area (Å²) < 4.78 is 0. The Balaban J connectivity index is 1.86. The summed E-state index contributed by atoms with van der Waals surface area (Å²) in [5, 5.41) is 0. The first-order valence-electron chi connectivity index (χ1n) is 8.46. The minimum atomic E-state index is 0.248. The van der Waals surface area contributed by atoms with Gasteiger partial charge in [-0.15, -0.1) is 0 Å². The molecule has 1 fully saturated rings. The average molecular weight is 287 g/mol. The van der Waals surface area contributed by atoms with Crippen LogP contribution in [0.25, 0.3) is 0 Å². The van der Waals surface area contributed by atoms with Crippen LogP contribution in [0.3, 0.4) is 0 Å². The SMILES string of the molecule is CCc1ccc(C(=O)CN(C)C2CCC(CC)CC2)cc1. The molecule has 2 rings (SSSR count). The number of likely N-dealkylation sites (N-methyl/N-ethyl adjacent to an activating group) is 1. The molecule has 1 saturated carbocycles. The van der Waals surface area contributed by atoms with Crippen LogP contribution in [-0.2, 0) is 6.42 Å². The summed E-state index contributed by atoms with van der Waals surface area (Å²) in [4.78, 5) is 14.6. The van der Waals surface area contributed by atoms with Crippen LogP contribution >= 0.6 is 0 Å². The number of carbonyl (C=O) groups excluding carboxylic acids is 1. The van der Waals surface area contributed by atoms with Crippen LogP contribution in [0.1, 0.15) is 61.9 Å². The first-order valence-corrected chi connectivity index (χ1v) is 8.46. The molecule has 0 aliphatic heterocycles. The van der Waals surface area contributed by atoms with Gasteiger partial charge in [0.2, 0.25) is 0 Å². The van der Waals surface area contributed by atoms with Gasteiger partial charge >= 0.3 is 0 Å². The van der Waals surface area contributed by atoms with Crippen molar-refractivity contribution in [2.24, 2.45) is 5.92 Å². The highest BCUT2D eigenvalue weighted by molar-refractivity contribution is 5.97. The lowest BCUT2D eigenvalue weighted by molar-refractivity contribution is 0.0885. The fourth-order valence-corrected chi connectivity index (χ4v) is 3.37. The first-order chi connectivity index (χ1) is 10.1. The molecule has 0 unspecified atom stereocenters. The van der Waals surface area contributed by atoms with Crippen molar-refractivity contribution in [3.8, 4) is 0 Å². The van der Waals surface area contributed by atoms with Crippen molar-refractivity contribution in [1.29, 1.82) is 0 Å². The molecule has 1 aromatic carbocycles. The number of Topliss-reactive ketones (excluding diaryl/α,β-unsaturated/α-hetero) is 1. The van der Waals surface area contributed by atoms with Gasteiger partial charge in [0.05, 0.1) is 6.54 Å². The molecule has 1 aromatic rings. The van der Waals surface area contributed by atoms with E-state index in [1.165, 1.54) is 37.7 Å². The van der Waals surface area contributed by atoms with E-state index in [-0.39, 0.29) is 5.78 Å². The van der Waals surface area contributed by atoms with Gasteiger partial charge in [-0.2, -0.15) is 0 Å². The number of rotatable bonds is 6. The second kappa shape index (κ2) is 7.74. The third-order valence-corrected chi connectivity index (χ3v) is 5.09. The van der Waals surface area contributed by atoms with Crippen LogP contribution in [-0.4, -0.2) is 30.3 Å². The van der Waals surface area contributed by atoms with Crippen molar-refractivity contribution >= 4 is 5.78 Å². The van der Waals surface area contributed by atoms with E-state index in [0.717, 1.165) is 17.9 Å². The highest BCUT2D eigenvalue weighted by atomic mass is 16.1. The smallest absolute Gasteiger partial charge is 0.176 e. The summed E-state index contributed by atoms with van der Waals surface area (Å²) in [7, 11) is 2.11. The summed E-state index contributed by atoms with van der Waals surface area (Å²) in [5.74, 6) is 1.16. The summed E-state index contributed by atoms with van der Waals surface area (Å²) >= 11 is 0. The van der Waals surface area contributed by atoms with E-state index in [1.807, 2.05) is 12.1 Å². The third-order valence-electron chi connectivity index (χ3n) is 5.09. The van der Waals surface area contributed by atoms with E-state index < -0.39 is 0 Å². The second-order valence-corrected chi connectivity index (χ2v) is 6.47. The van der Waals surface area contributed by atoms with E-state index in [0.29, 0.717) is 12.6 Å². The highest BCUT2D eigenvalue weighted by Crippen LogP contribution is 2.28. The van der Waals surface area contributed by atoms with Crippen molar-refractivity contribution in [2.75, 3.05) is 13.6 Å². The van der Waals surface area contributed by atoms with E-state index in [4.69, 9.17) is 0 Å². The zero-order chi connectivity index (χ0) is 15.2. The van der Waals surface area contributed by atoms with Gasteiger partial charge in [-0.05, 0) is 50.6 Å². The molecule has 21 heavy (non-hydrogen) atoms. The topological polar surface area (TPSA) is 20.3 Å². The molecule has 2 nitrogen and oxygen atoms in total. The Labute approximate surface area is 129 Å². The quantitative estimate of drug-likeness (QED) is 0.726. The number of aryl methyl sites for hydroxylation is 1. The van der Waals surface area contributed by atoms with Crippen molar-refractivity contribution in [2.45, 2.75) is 58.4 Å². The number of hydrogen-bond acceptors (Lipinski definition) is 2. The fraction of sp³-hybridized carbons (Fsp3) is 0.632. The maximum absolute atomic E-state index is 12.4. The minimum Gasteiger partial charge on any atom is -0.296 e. The Morgan fingerprint density at radius 2 is 1.71 bits per heavy atom. The van der Waals surface area contributed by atoms with Crippen LogP contribution in [0.2, 0.25) is 0 Å². The predicted molar refractivity (Wildman–Crippen MR) is 88.8 cm³/mol. The molecule has 0 radical (unpaired) electrons.